The minimum Gasteiger partial charge on any atom is -0.340 e. The normalized spacial score (nSPS) is 10.5. The number of anilines is 1. The molecule has 0 aliphatic heterocycles. The van der Waals surface area contributed by atoms with Crippen LogP contribution in [0, 0.1) is 20.8 Å². The van der Waals surface area contributed by atoms with Crippen LogP contribution in [0.5, 0.6) is 0 Å². The van der Waals surface area contributed by atoms with Crippen LogP contribution in [0.2, 0.25) is 0 Å². The summed E-state index contributed by atoms with van der Waals surface area (Å²) >= 11 is 1.45. The SMILES string of the molecule is Cc1nc(CC(=O)Nc2nc(C)c(C)s2)no1. The lowest BCUT2D eigenvalue weighted by Gasteiger charge is -1.97. The van der Waals surface area contributed by atoms with E-state index in [2.05, 4.69) is 20.4 Å². The lowest BCUT2D eigenvalue weighted by atomic mass is 10.4. The molecule has 2 rings (SSSR count). The maximum atomic E-state index is 11.6. The molecule has 0 fully saturated rings. The highest BCUT2D eigenvalue weighted by Gasteiger charge is 2.11. The Morgan fingerprint density at radius 1 is 1.35 bits per heavy atom. The van der Waals surface area contributed by atoms with Gasteiger partial charge in [0.15, 0.2) is 11.0 Å². The summed E-state index contributed by atoms with van der Waals surface area (Å²) in [4.78, 5) is 20.9. The summed E-state index contributed by atoms with van der Waals surface area (Å²) in [6.07, 6.45) is 0.0923. The van der Waals surface area contributed by atoms with E-state index in [4.69, 9.17) is 4.52 Å². The number of aryl methyl sites for hydroxylation is 3. The van der Waals surface area contributed by atoms with Crippen molar-refractivity contribution in [3.8, 4) is 0 Å². The van der Waals surface area contributed by atoms with E-state index >= 15 is 0 Å². The van der Waals surface area contributed by atoms with E-state index in [9.17, 15) is 4.79 Å². The molecule has 0 radical (unpaired) electrons. The number of nitrogens with one attached hydrogen (secondary N) is 1. The van der Waals surface area contributed by atoms with Crippen LogP contribution in [0.25, 0.3) is 0 Å². The molecule has 17 heavy (non-hydrogen) atoms. The molecule has 0 spiro atoms. The number of hydrogen-bond acceptors (Lipinski definition) is 6. The van der Waals surface area contributed by atoms with Crippen molar-refractivity contribution >= 4 is 22.4 Å². The third-order valence-electron chi connectivity index (χ3n) is 2.16. The molecule has 0 saturated heterocycles. The number of rotatable bonds is 3. The fourth-order valence-electron chi connectivity index (χ4n) is 1.25. The van der Waals surface area contributed by atoms with Crippen molar-refractivity contribution < 1.29 is 9.32 Å². The average molecular weight is 252 g/mol. The predicted octanol–water partition coefficient (Wildman–Crippen LogP) is 1.63. The summed E-state index contributed by atoms with van der Waals surface area (Å²) in [6, 6.07) is 0. The van der Waals surface area contributed by atoms with Gasteiger partial charge in [0.2, 0.25) is 11.8 Å². The zero-order valence-corrected chi connectivity index (χ0v) is 10.6. The van der Waals surface area contributed by atoms with E-state index in [1.165, 1.54) is 11.3 Å². The van der Waals surface area contributed by atoms with Gasteiger partial charge in [-0.2, -0.15) is 4.98 Å². The van der Waals surface area contributed by atoms with Crippen LogP contribution in [0.3, 0.4) is 0 Å². The van der Waals surface area contributed by atoms with E-state index in [0.717, 1.165) is 10.6 Å². The molecule has 90 valence electrons. The molecule has 1 N–H and O–H groups in total. The Morgan fingerprint density at radius 3 is 2.65 bits per heavy atom. The van der Waals surface area contributed by atoms with Gasteiger partial charge in [0.05, 0.1) is 12.1 Å². The smallest absolute Gasteiger partial charge is 0.233 e. The number of hydrogen-bond donors (Lipinski definition) is 1. The molecule has 0 aromatic carbocycles. The standard InChI is InChI=1S/C10H12N4O2S/c1-5-6(2)17-10(11-5)13-9(15)4-8-12-7(3)16-14-8/h4H2,1-3H3,(H,11,13,15). The molecule has 1 amide bonds. The van der Waals surface area contributed by atoms with Gasteiger partial charge in [0, 0.05) is 11.8 Å². The molecule has 0 bridgehead atoms. The lowest BCUT2D eigenvalue weighted by Crippen LogP contribution is -2.15. The maximum absolute atomic E-state index is 11.6. The Bertz CT molecular complexity index is 527. The van der Waals surface area contributed by atoms with Crippen molar-refractivity contribution in [3.05, 3.63) is 22.3 Å². The van der Waals surface area contributed by atoms with Crippen molar-refractivity contribution in [1.29, 1.82) is 0 Å². The van der Waals surface area contributed by atoms with Gasteiger partial charge in [-0.1, -0.05) is 5.16 Å². The molecule has 0 aliphatic carbocycles. The minimum atomic E-state index is -0.195. The monoisotopic (exact) mass is 252 g/mol. The number of carbonyl (C=O) groups is 1. The van der Waals surface area contributed by atoms with Crippen molar-refractivity contribution in [2.75, 3.05) is 5.32 Å². The molecule has 6 nitrogen and oxygen atoms in total. The van der Waals surface area contributed by atoms with Crippen LogP contribution in [0.1, 0.15) is 22.3 Å². The van der Waals surface area contributed by atoms with Crippen LogP contribution in [0.15, 0.2) is 4.52 Å². The van der Waals surface area contributed by atoms with Gasteiger partial charge in [-0.15, -0.1) is 11.3 Å². The molecule has 0 aliphatic rings. The van der Waals surface area contributed by atoms with Gasteiger partial charge in [0.25, 0.3) is 0 Å². The number of nitrogens with zero attached hydrogens (tertiary/aromatic N) is 3. The van der Waals surface area contributed by atoms with Crippen LogP contribution in [0.4, 0.5) is 5.13 Å². The zero-order chi connectivity index (χ0) is 12.4. The third kappa shape index (κ3) is 2.88. The van der Waals surface area contributed by atoms with Gasteiger partial charge in [-0.3, -0.25) is 4.79 Å². The minimum absolute atomic E-state index is 0.0923. The highest BCUT2D eigenvalue weighted by Crippen LogP contribution is 2.21. The van der Waals surface area contributed by atoms with E-state index in [1.807, 2.05) is 13.8 Å². The average Bonchev–Trinajstić information content (AvgIpc) is 2.75. The summed E-state index contributed by atoms with van der Waals surface area (Å²) in [5.41, 5.74) is 0.931. The van der Waals surface area contributed by atoms with Crippen molar-refractivity contribution in [2.24, 2.45) is 0 Å². The van der Waals surface area contributed by atoms with Crippen LogP contribution < -0.4 is 5.32 Å². The maximum Gasteiger partial charge on any atom is 0.233 e. The van der Waals surface area contributed by atoms with Gasteiger partial charge < -0.3 is 9.84 Å². The second kappa shape index (κ2) is 4.62. The summed E-state index contributed by atoms with van der Waals surface area (Å²) < 4.78 is 4.78. The first kappa shape index (κ1) is 11.7. The molecule has 2 aromatic heterocycles. The molecule has 7 heteroatoms. The highest BCUT2D eigenvalue weighted by atomic mass is 32.1. The first-order chi connectivity index (χ1) is 8.04. The van der Waals surface area contributed by atoms with E-state index < -0.39 is 0 Å². The van der Waals surface area contributed by atoms with Gasteiger partial charge in [0.1, 0.15) is 0 Å². The van der Waals surface area contributed by atoms with Crippen molar-refractivity contribution in [1.82, 2.24) is 15.1 Å². The first-order valence-electron chi connectivity index (χ1n) is 5.07. The largest absolute Gasteiger partial charge is 0.340 e. The Balaban J connectivity index is 1.97. The van der Waals surface area contributed by atoms with Crippen LogP contribution in [-0.4, -0.2) is 21.0 Å². The molecule has 2 heterocycles. The Kier molecular flexibility index (Phi) is 3.19. The topological polar surface area (TPSA) is 80.9 Å². The summed E-state index contributed by atoms with van der Waals surface area (Å²) in [6.45, 7) is 5.55. The molecular formula is C10H12N4O2S. The van der Waals surface area contributed by atoms with Crippen molar-refractivity contribution in [2.45, 2.75) is 27.2 Å². The zero-order valence-electron chi connectivity index (χ0n) is 9.77. The number of aromatic nitrogens is 3. The molecule has 0 atom stereocenters. The summed E-state index contributed by atoms with van der Waals surface area (Å²) in [5, 5.41) is 6.97. The summed E-state index contributed by atoms with van der Waals surface area (Å²) in [7, 11) is 0. The molecule has 2 aromatic rings. The van der Waals surface area contributed by atoms with E-state index in [-0.39, 0.29) is 12.3 Å². The molecule has 0 unspecified atom stereocenters. The number of thiazole rings is 1. The van der Waals surface area contributed by atoms with Gasteiger partial charge in [-0.05, 0) is 13.8 Å². The second-order valence-corrected chi connectivity index (χ2v) is 4.82. The lowest BCUT2D eigenvalue weighted by molar-refractivity contribution is -0.115. The third-order valence-corrected chi connectivity index (χ3v) is 3.15. The fourth-order valence-corrected chi connectivity index (χ4v) is 2.08. The van der Waals surface area contributed by atoms with Crippen molar-refractivity contribution in [3.63, 3.8) is 0 Å². The Labute approximate surface area is 102 Å². The van der Waals surface area contributed by atoms with Gasteiger partial charge in [-0.25, -0.2) is 4.98 Å². The van der Waals surface area contributed by atoms with Crippen LogP contribution in [-0.2, 0) is 11.2 Å². The van der Waals surface area contributed by atoms with E-state index in [1.54, 1.807) is 6.92 Å². The predicted molar refractivity (Wildman–Crippen MR) is 63.0 cm³/mol. The highest BCUT2D eigenvalue weighted by molar-refractivity contribution is 7.15. The Hall–Kier alpha value is -1.76. The Morgan fingerprint density at radius 2 is 2.12 bits per heavy atom. The van der Waals surface area contributed by atoms with Gasteiger partial charge >= 0.3 is 0 Å². The van der Waals surface area contributed by atoms with Crippen LogP contribution >= 0.6 is 11.3 Å². The number of amides is 1. The van der Waals surface area contributed by atoms with E-state index in [0.29, 0.717) is 16.8 Å². The molecular weight excluding hydrogens is 240 g/mol. The first-order valence-corrected chi connectivity index (χ1v) is 5.89. The fraction of sp³-hybridized carbons (Fsp3) is 0.400. The second-order valence-electron chi connectivity index (χ2n) is 3.62. The quantitative estimate of drug-likeness (QED) is 0.898. The number of carbonyl (C=O) groups excluding carboxylic acids is 1. The summed E-state index contributed by atoms with van der Waals surface area (Å²) in [5.74, 6) is 0.637. The molecule has 0 saturated carbocycles.